The van der Waals surface area contributed by atoms with Crippen LogP contribution >= 0.6 is 0 Å². The second-order valence-electron chi connectivity index (χ2n) is 10.2. The summed E-state index contributed by atoms with van der Waals surface area (Å²) in [6.07, 6.45) is 0.851. The standard InChI is InChI=1S/C31H33NO5/c1-19-14-15-32(17-19)20(2)18-36-26-11-8-23(9-12-26)30-29(22-4-6-24(7-5-22)31(34)35)21(3)27-16-25(33)10-13-28(27)37-30/h4-13,16,19-20,30,33H,14-15,17-18H2,1-3H3,(H,34,35). The maximum atomic E-state index is 11.4. The van der Waals surface area contributed by atoms with Crippen LogP contribution < -0.4 is 9.47 Å². The van der Waals surface area contributed by atoms with E-state index in [1.54, 1.807) is 30.3 Å². The van der Waals surface area contributed by atoms with Crippen molar-refractivity contribution in [1.82, 2.24) is 4.90 Å². The van der Waals surface area contributed by atoms with Crippen molar-refractivity contribution >= 4 is 17.1 Å². The highest BCUT2D eigenvalue weighted by atomic mass is 16.5. The normalized spacial score (nSPS) is 20.3. The molecule has 192 valence electrons. The predicted molar refractivity (Wildman–Crippen MR) is 144 cm³/mol. The van der Waals surface area contributed by atoms with Crippen molar-refractivity contribution in [3.63, 3.8) is 0 Å². The molecule has 3 unspecified atom stereocenters. The molecule has 2 aliphatic rings. The highest BCUT2D eigenvalue weighted by molar-refractivity contribution is 5.96. The Bertz CT molecular complexity index is 1310. The van der Waals surface area contributed by atoms with E-state index in [4.69, 9.17) is 9.47 Å². The van der Waals surface area contributed by atoms with Crippen LogP contribution in [0.2, 0.25) is 0 Å². The van der Waals surface area contributed by atoms with Gasteiger partial charge in [0.15, 0.2) is 0 Å². The second kappa shape index (κ2) is 10.3. The minimum Gasteiger partial charge on any atom is -0.508 e. The molecule has 1 saturated heterocycles. The van der Waals surface area contributed by atoms with Crippen molar-refractivity contribution in [2.24, 2.45) is 5.92 Å². The Kier molecular flexibility index (Phi) is 6.94. The third-order valence-electron chi connectivity index (χ3n) is 7.47. The lowest BCUT2D eigenvalue weighted by atomic mass is 9.86. The summed E-state index contributed by atoms with van der Waals surface area (Å²) in [7, 11) is 0. The third kappa shape index (κ3) is 5.20. The van der Waals surface area contributed by atoms with Crippen LogP contribution in [0.3, 0.4) is 0 Å². The van der Waals surface area contributed by atoms with E-state index in [2.05, 4.69) is 18.7 Å². The molecule has 1 fully saturated rings. The maximum Gasteiger partial charge on any atom is 0.335 e. The zero-order valence-corrected chi connectivity index (χ0v) is 21.5. The monoisotopic (exact) mass is 499 g/mol. The van der Waals surface area contributed by atoms with Crippen molar-refractivity contribution in [3.05, 3.63) is 89.0 Å². The summed E-state index contributed by atoms with van der Waals surface area (Å²) < 4.78 is 12.6. The topological polar surface area (TPSA) is 79.2 Å². The molecule has 3 aromatic rings. The molecule has 0 spiro atoms. The number of carboxylic acid groups (broad SMARTS) is 1. The Morgan fingerprint density at radius 1 is 1.11 bits per heavy atom. The van der Waals surface area contributed by atoms with E-state index in [9.17, 15) is 15.0 Å². The van der Waals surface area contributed by atoms with E-state index < -0.39 is 12.1 Å². The predicted octanol–water partition coefficient (Wildman–Crippen LogP) is 6.26. The fourth-order valence-electron chi connectivity index (χ4n) is 5.27. The number of fused-ring (bicyclic) bond motifs is 1. The zero-order chi connectivity index (χ0) is 26.1. The molecular weight excluding hydrogens is 466 g/mol. The Labute approximate surface area is 217 Å². The number of rotatable bonds is 7. The minimum atomic E-state index is -0.965. The van der Waals surface area contributed by atoms with Gasteiger partial charge in [0.05, 0.1) is 5.56 Å². The van der Waals surface area contributed by atoms with Gasteiger partial charge in [-0.2, -0.15) is 0 Å². The number of ether oxygens (including phenoxy) is 2. The summed E-state index contributed by atoms with van der Waals surface area (Å²) in [5.74, 6) is 1.46. The van der Waals surface area contributed by atoms with Crippen molar-refractivity contribution in [2.45, 2.75) is 39.3 Å². The van der Waals surface area contributed by atoms with Crippen molar-refractivity contribution in [3.8, 4) is 17.2 Å². The van der Waals surface area contributed by atoms with Crippen LogP contribution in [0.4, 0.5) is 0 Å². The van der Waals surface area contributed by atoms with Crippen molar-refractivity contribution in [2.75, 3.05) is 19.7 Å². The first-order valence-corrected chi connectivity index (χ1v) is 12.8. The molecule has 0 bridgehead atoms. The molecule has 2 heterocycles. The number of aromatic hydroxyl groups is 1. The largest absolute Gasteiger partial charge is 0.508 e. The van der Waals surface area contributed by atoms with Crippen LogP contribution in [0.15, 0.2) is 66.7 Å². The molecule has 0 aliphatic carbocycles. The molecule has 37 heavy (non-hydrogen) atoms. The van der Waals surface area contributed by atoms with Crippen LogP contribution in [-0.2, 0) is 0 Å². The van der Waals surface area contributed by atoms with E-state index in [1.807, 2.05) is 43.3 Å². The second-order valence-corrected chi connectivity index (χ2v) is 10.2. The van der Waals surface area contributed by atoms with Gasteiger partial charge in [0, 0.05) is 23.7 Å². The molecule has 0 amide bonds. The van der Waals surface area contributed by atoms with Gasteiger partial charge in [-0.05, 0) is 91.9 Å². The molecule has 2 aliphatic heterocycles. The SMILES string of the molecule is CC1=C(c2ccc(C(=O)O)cc2)C(c2ccc(OCC(C)N3CCC(C)C3)cc2)Oc2ccc(O)cc21. The highest BCUT2D eigenvalue weighted by Crippen LogP contribution is 2.47. The summed E-state index contributed by atoms with van der Waals surface area (Å²) in [4.78, 5) is 13.9. The van der Waals surface area contributed by atoms with Gasteiger partial charge in [0.25, 0.3) is 0 Å². The van der Waals surface area contributed by atoms with E-state index in [0.29, 0.717) is 18.4 Å². The number of allylic oxidation sites excluding steroid dienone is 1. The maximum absolute atomic E-state index is 11.4. The van der Waals surface area contributed by atoms with Crippen LogP contribution in [0.5, 0.6) is 17.2 Å². The summed E-state index contributed by atoms with van der Waals surface area (Å²) in [5.41, 5.74) is 4.78. The minimum absolute atomic E-state index is 0.167. The molecule has 0 radical (unpaired) electrons. The van der Waals surface area contributed by atoms with Gasteiger partial charge in [0.2, 0.25) is 0 Å². The number of likely N-dealkylation sites (tertiary alicyclic amines) is 1. The number of nitrogens with zero attached hydrogens (tertiary/aromatic N) is 1. The number of benzene rings is 3. The van der Waals surface area contributed by atoms with E-state index in [1.165, 1.54) is 6.42 Å². The Hall–Kier alpha value is -3.77. The van der Waals surface area contributed by atoms with Crippen molar-refractivity contribution < 1.29 is 24.5 Å². The number of hydrogen-bond donors (Lipinski definition) is 2. The summed E-state index contributed by atoms with van der Waals surface area (Å²) in [6, 6.07) is 20.3. The molecule has 2 N–H and O–H groups in total. The molecular formula is C31H33NO5. The van der Waals surface area contributed by atoms with Crippen LogP contribution in [0.1, 0.15) is 60.3 Å². The third-order valence-corrected chi connectivity index (χ3v) is 7.47. The summed E-state index contributed by atoms with van der Waals surface area (Å²) in [6.45, 7) is 9.42. The van der Waals surface area contributed by atoms with Gasteiger partial charge < -0.3 is 19.7 Å². The quantitative estimate of drug-likeness (QED) is 0.399. The highest BCUT2D eigenvalue weighted by Gasteiger charge is 2.30. The lowest BCUT2D eigenvalue weighted by molar-refractivity contribution is 0.0697. The molecule has 0 aromatic heterocycles. The number of carboxylic acids is 1. The molecule has 3 aromatic carbocycles. The molecule has 6 heteroatoms. The van der Waals surface area contributed by atoms with Gasteiger partial charge in [-0.1, -0.05) is 31.2 Å². The summed E-state index contributed by atoms with van der Waals surface area (Å²) in [5, 5.41) is 19.4. The van der Waals surface area contributed by atoms with Gasteiger partial charge >= 0.3 is 5.97 Å². The summed E-state index contributed by atoms with van der Waals surface area (Å²) >= 11 is 0. The fourth-order valence-corrected chi connectivity index (χ4v) is 5.27. The average molecular weight is 500 g/mol. The van der Waals surface area contributed by atoms with Crippen molar-refractivity contribution in [1.29, 1.82) is 0 Å². The molecule has 0 saturated carbocycles. The molecule has 3 atom stereocenters. The fraction of sp³-hybridized carbons (Fsp3) is 0.323. The Balaban J connectivity index is 1.41. The van der Waals surface area contributed by atoms with E-state index in [-0.39, 0.29) is 11.3 Å². The molecule has 6 nitrogen and oxygen atoms in total. The molecule has 5 rings (SSSR count). The van der Waals surface area contributed by atoms with Crippen LogP contribution in [0.25, 0.3) is 11.1 Å². The number of phenolic OH excluding ortho intramolecular Hbond substituents is 1. The van der Waals surface area contributed by atoms with Gasteiger partial charge in [-0.25, -0.2) is 4.79 Å². The lowest BCUT2D eigenvalue weighted by Crippen LogP contribution is -2.35. The number of carbonyl (C=O) groups is 1. The lowest BCUT2D eigenvalue weighted by Gasteiger charge is -2.31. The Morgan fingerprint density at radius 3 is 2.49 bits per heavy atom. The first-order chi connectivity index (χ1) is 17.8. The smallest absolute Gasteiger partial charge is 0.335 e. The van der Waals surface area contributed by atoms with Gasteiger partial charge in [0.1, 0.15) is 30.0 Å². The van der Waals surface area contributed by atoms with Gasteiger partial charge in [-0.15, -0.1) is 0 Å². The number of aromatic carboxylic acids is 1. The van der Waals surface area contributed by atoms with E-state index in [0.717, 1.165) is 52.6 Å². The zero-order valence-electron chi connectivity index (χ0n) is 21.5. The van der Waals surface area contributed by atoms with Crippen LogP contribution in [-0.4, -0.2) is 46.8 Å². The van der Waals surface area contributed by atoms with Gasteiger partial charge in [-0.3, -0.25) is 4.90 Å². The number of phenols is 1. The van der Waals surface area contributed by atoms with Crippen LogP contribution in [0, 0.1) is 5.92 Å². The Morgan fingerprint density at radius 2 is 1.84 bits per heavy atom. The first kappa shape index (κ1) is 24.9. The average Bonchev–Trinajstić information content (AvgIpc) is 3.34. The number of hydrogen-bond acceptors (Lipinski definition) is 5. The first-order valence-electron chi connectivity index (χ1n) is 12.8. The van der Waals surface area contributed by atoms with E-state index >= 15 is 0 Å².